The lowest BCUT2D eigenvalue weighted by Crippen LogP contribution is -2.26. The Hall–Kier alpha value is -4.03. The molecule has 3 N–H and O–H groups in total. The highest BCUT2D eigenvalue weighted by Crippen LogP contribution is 2.29. The van der Waals surface area contributed by atoms with Crippen LogP contribution in [-0.4, -0.2) is 44.3 Å². The average Bonchev–Trinajstić information content (AvgIpc) is 3.34. The van der Waals surface area contributed by atoms with Crippen LogP contribution < -0.4 is 16.2 Å². The van der Waals surface area contributed by atoms with Crippen LogP contribution in [0.4, 0.5) is 19.0 Å². The summed E-state index contributed by atoms with van der Waals surface area (Å²) in [6.07, 6.45) is 3.37. The molecule has 36 heavy (non-hydrogen) atoms. The standard InChI is InChI=1S/C23H24F3N7O3/c24-23(25,26)14-9-10-17(29-13-14)21-30-19(36-33-21)8-3-7-18(34)27-11-4-12-28-20-15-5-1-2-6-16(15)22(35)32-31-20/h2,6,9-10,13H,1,3-5,7-8,11-12H2,(H,27,34)(H,28,31)(H,32,35). The van der Waals surface area contributed by atoms with Crippen LogP contribution in [-0.2, 0) is 23.8 Å². The Labute approximate surface area is 203 Å². The number of aromatic nitrogens is 5. The molecule has 0 saturated heterocycles. The van der Waals surface area contributed by atoms with E-state index in [0.29, 0.717) is 49.9 Å². The molecule has 3 heterocycles. The number of amides is 1. The summed E-state index contributed by atoms with van der Waals surface area (Å²) in [6.45, 7) is 1.06. The summed E-state index contributed by atoms with van der Waals surface area (Å²) in [5.41, 5.74) is 0.644. The highest BCUT2D eigenvalue weighted by atomic mass is 19.4. The quantitative estimate of drug-likeness (QED) is 0.359. The Morgan fingerprint density at radius 3 is 2.83 bits per heavy atom. The number of aryl methyl sites for hydroxylation is 1. The molecule has 0 bridgehead atoms. The van der Waals surface area contributed by atoms with Crippen molar-refractivity contribution in [2.45, 2.75) is 44.7 Å². The predicted octanol–water partition coefficient (Wildman–Crippen LogP) is 3.13. The maximum Gasteiger partial charge on any atom is 0.417 e. The molecule has 0 aromatic carbocycles. The van der Waals surface area contributed by atoms with Crippen molar-refractivity contribution in [1.29, 1.82) is 0 Å². The monoisotopic (exact) mass is 503 g/mol. The summed E-state index contributed by atoms with van der Waals surface area (Å²) < 4.78 is 43.0. The molecular weight excluding hydrogens is 479 g/mol. The van der Waals surface area contributed by atoms with Gasteiger partial charge in [0.05, 0.1) is 5.56 Å². The first-order chi connectivity index (χ1) is 17.3. The Morgan fingerprint density at radius 2 is 2.06 bits per heavy atom. The number of carbonyl (C=O) groups is 1. The molecule has 1 aliphatic carbocycles. The normalized spacial score (nSPS) is 12.9. The van der Waals surface area contributed by atoms with E-state index in [4.69, 9.17) is 4.52 Å². The molecule has 13 heteroatoms. The number of nitrogens with zero attached hydrogens (tertiary/aromatic N) is 4. The van der Waals surface area contributed by atoms with E-state index in [9.17, 15) is 22.8 Å². The molecule has 3 aromatic heterocycles. The third-order valence-corrected chi connectivity index (χ3v) is 5.52. The number of hydrogen-bond donors (Lipinski definition) is 3. The molecule has 0 radical (unpaired) electrons. The molecule has 4 rings (SSSR count). The molecule has 0 fully saturated rings. The summed E-state index contributed by atoms with van der Waals surface area (Å²) in [5, 5.41) is 16.4. The van der Waals surface area contributed by atoms with Gasteiger partial charge in [-0.2, -0.15) is 23.3 Å². The highest BCUT2D eigenvalue weighted by Gasteiger charge is 2.30. The molecule has 0 aliphatic heterocycles. The Morgan fingerprint density at radius 1 is 1.19 bits per heavy atom. The van der Waals surface area contributed by atoms with Crippen LogP contribution >= 0.6 is 0 Å². The van der Waals surface area contributed by atoms with E-state index in [1.807, 2.05) is 12.2 Å². The molecular formula is C23H24F3N7O3. The van der Waals surface area contributed by atoms with Gasteiger partial charge in [0.2, 0.25) is 17.6 Å². The van der Waals surface area contributed by atoms with Gasteiger partial charge in [0, 0.05) is 43.3 Å². The van der Waals surface area contributed by atoms with Gasteiger partial charge in [-0.15, -0.1) is 0 Å². The second-order valence-corrected chi connectivity index (χ2v) is 8.16. The molecule has 3 aromatic rings. The third kappa shape index (κ3) is 6.34. The number of hydrogen-bond acceptors (Lipinski definition) is 8. The second-order valence-electron chi connectivity index (χ2n) is 8.16. The molecule has 0 saturated carbocycles. The van der Waals surface area contributed by atoms with E-state index in [1.54, 1.807) is 0 Å². The maximum absolute atomic E-state index is 12.6. The maximum atomic E-state index is 12.6. The van der Waals surface area contributed by atoms with Gasteiger partial charge < -0.3 is 15.2 Å². The molecule has 1 aliphatic rings. The minimum atomic E-state index is -4.47. The Bertz CT molecular complexity index is 1280. The number of nitrogens with one attached hydrogen (secondary N) is 3. The third-order valence-electron chi connectivity index (χ3n) is 5.52. The number of pyridine rings is 1. The van der Waals surface area contributed by atoms with Crippen LogP contribution in [0.15, 0.2) is 33.7 Å². The number of fused-ring (bicyclic) bond motifs is 1. The largest absolute Gasteiger partial charge is 0.417 e. The number of allylic oxidation sites excluding steroid dienone is 1. The fraction of sp³-hybridized carbons (Fsp3) is 0.391. The number of carbonyl (C=O) groups excluding carboxylic acids is 1. The van der Waals surface area contributed by atoms with Crippen molar-refractivity contribution in [3.8, 4) is 11.5 Å². The molecule has 10 nitrogen and oxygen atoms in total. The van der Waals surface area contributed by atoms with Crippen LogP contribution in [0.2, 0.25) is 0 Å². The van der Waals surface area contributed by atoms with Crippen molar-refractivity contribution < 1.29 is 22.5 Å². The minimum absolute atomic E-state index is 0.0879. The van der Waals surface area contributed by atoms with Crippen LogP contribution in [0, 0.1) is 0 Å². The van der Waals surface area contributed by atoms with E-state index < -0.39 is 11.7 Å². The lowest BCUT2D eigenvalue weighted by atomic mass is 9.99. The van der Waals surface area contributed by atoms with Crippen LogP contribution in [0.1, 0.15) is 48.3 Å². The number of rotatable bonds is 10. The van der Waals surface area contributed by atoms with Gasteiger partial charge in [-0.3, -0.25) is 14.6 Å². The topological polar surface area (TPSA) is 139 Å². The van der Waals surface area contributed by atoms with Gasteiger partial charge in [-0.25, -0.2) is 5.10 Å². The summed E-state index contributed by atoms with van der Waals surface area (Å²) in [6, 6.07) is 2.08. The summed E-state index contributed by atoms with van der Waals surface area (Å²) in [5.74, 6) is 0.898. The first-order valence-electron chi connectivity index (χ1n) is 11.5. The van der Waals surface area contributed by atoms with Gasteiger partial charge in [0.25, 0.3) is 5.56 Å². The van der Waals surface area contributed by atoms with Gasteiger partial charge in [0.15, 0.2) is 0 Å². The van der Waals surface area contributed by atoms with Crippen molar-refractivity contribution >= 4 is 17.8 Å². The van der Waals surface area contributed by atoms with Crippen molar-refractivity contribution in [2.75, 3.05) is 18.4 Å². The Balaban J connectivity index is 1.14. The number of anilines is 1. The average molecular weight is 503 g/mol. The van der Waals surface area contributed by atoms with E-state index in [2.05, 4.69) is 36.0 Å². The number of aromatic amines is 1. The fourth-order valence-electron chi connectivity index (χ4n) is 3.67. The zero-order chi connectivity index (χ0) is 25.5. The zero-order valence-corrected chi connectivity index (χ0v) is 19.2. The lowest BCUT2D eigenvalue weighted by Gasteiger charge is -2.14. The van der Waals surface area contributed by atoms with E-state index >= 15 is 0 Å². The van der Waals surface area contributed by atoms with Crippen LogP contribution in [0.3, 0.4) is 0 Å². The van der Waals surface area contributed by atoms with Crippen LogP contribution in [0.25, 0.3) is 17.6 Å². The lowest BCUT2D eigenvalue weighted by molar-refractivity contribution is -0.137. The van der Waals surface area contributed by atoms with Crippen LogP contribution in [0.5, 0.6) is 0 Å². The summed E-state index contributed by atoms with van der Waals surface area (Å²) in [4.78, 5) is 31.8. The Kier molecular flexibility index (Phi) is 7.76. The SMILES string of the molecule is O=C(CCCc1nc(-c2ccc(C(F)(F)F)cn2)no1)NCCCNc1n[nH]c(=O)c2c1CCC=C2. The first kappa shape index (κ1) is 25.1. The zero-order valence-electron chi connectivity index (χ0n) is 19.2. The van der Waals surface area contributed by atoms with Gasteiger partial charge in [-0.05, 0) is 37.8 Å². The van der Waals surface area contributed by atoms with Crippen molar-refractivity contribution in [3.05, 3.63) is 57.3 Å². The molecule has 1 amide bonds. The predicted molar refractivity (Wildman–Crippen MR) is 124 cm³/mol. The fourth-order valence-corrected chi connectivity index (χ4v) is 3.67. The van der Waals surface area contributed by atoms with Gasteiger partial charge >= 0.3 is 6.18 Å². The first-order valence-corrected chi connectivity index (χ1v) is 11.5. The molecule has 0 atom stereocenters. The molecule has 190 valence electrons. The highest BCUT2D eigenvalue weighted by molar-refractivity contribution is 5.75. The minimum Gasteiger partial charge on any atom is -0.368 e. The summed E-state index contributed by atoms with van der Waals surface area (Å²) >= 11 is 0. The van der Waals surface area contributed by atoms with Crippen molar-refractivity contribution in [2.24, 2.45) is 0 Å². The number of alkyl halides is 3. The van der Waals surface area contributed by atoms with E-state index in [1.165, 1.54) is 6.07 Å². The van der Waals surface area contributed by atoms with E-state index in [-0.39, 0.29) is 35.3 Å². The van der Waals surface area contributed by atoms with Gasteiger partial charge in [-0.1, -0.05) is 17.3 Å². The number of H-pyrrole nitrogens is 1. The number of halogens is 3. The summed E-state index contributed by atoms with van der Waals surface area (Å²) in [7, 11) is 0. The second kappa shape index (κ2) is 11.1. The van der Waals surface area contributed by atoms with Crippen molar-refractivity contribution in [3.63, 3.8) is 0 Å². The van der Waals surface area contributed by atoms with Gasteiger partial charge in [0.1, 0.15) is 11.5 Å². The molecule has 0 spiro atoms. The van der Waals surface area contributed by atoms with Crippen molar-refractivity contribution in [1.82, 2.24) is 30.6 Å². The van der Waals surface area contributed by atoms with E-state index in [0.717, 1.165) is 24.5 Å². The molecule has 0 unspecified atom stereocenters. The smallest absolute Gasteiger partial charge is 0.368 e.